The number of carbonyl (C=O) groups is 2. The van der Waals surface area contributed by atoms with E-state index in [1.165, 1.54) is 6.33 Å². The van der Waals surface area contributed by atoms with Crippen LogP contribution in [0.1, 0.15) is 55.0 Å². The highest BCUT2D eigenvalue weighted by molar-refractivity contribution is 5.80. The first-order chi connectivity index (χ1) is 12.5. The number of hydrogen-bond acceptors (Lipinski definition) is 6. The van der Waals surface area contributed by atoms with Crippen molar-refractivity contribution in [2.45, 2.75) is 51.4 Å². The van der Waals surface area contributed by atoms with E-state index in [2.05, 4.69) is 15.0 Å². The Labute approximate surface area is 152 Å². The fourth-order valence-corrected chi connectivity index (χ4v) is 2.85. The summed E-state index contributed by atoms with van der Waals surface area (Å²) in [5.41, 5.74) is 9.05. The van der Waals surface area contributed by atoms with Gasteiger partial charge in [-0.15, -0.1) is 0 Å². The Kier molecular flexibility index (Phi) is 7.20. The molecule has 2 aromatic heterocycles. The molecule has 2 heterocycles. The average Bonchev–Trinajstić information content (AvgIpc) is 2.61. The number of carboxylic acids is 1. The Hall–Kier alpha value is -2.83. The van der Waals surface area contributed by atoms with Gasteiger partial charge in [-0.3, -0.25) is 14.6 Å². The number of nitrogens with zero attached hydrogens (tertiary/aromatic N) is 3. The summed E-state index contributed by atoms with van der Waals surface area (Å²) < 4.78 is 0. The zero-order valence-electron chi connectivity index (χ0n) is 14.9. The second-order valence-corrected chi connectivity index (χ2v) is 6.41. The fourth-order valence-electron chi connectivity index (χ4n) is 2.85. The first-order valence-electron chi connectivity index (χ1n) is 8.66. The number of aromatic nitrogens is 3. The van der Waals surface area contributed by atoms with Crippen LogP contribution in [0.25, 0.3) is 0 Å². The van der Waals surface area contributed by atoms with Crippen LogP contribution >= 0.6 is 0 Å². The van der Waals surface area contributed by atoms with Gasteiger partial charge in [0.2, 0.25) is 0 Å². The van der Waals surface area contributed by atoms with E-state index in [4.69, 9.17) is 10.8 Å². The van der Waals surface area contributed by atoms with Crippen LogP contribution in [0.2, 0.25) is 0 Å². The van der Waals surface area contributed by atoms with Gasteiger partial charge in [0.25, 0.3) is 0 Å². The van der Waals surface area contributed by atoms with Gasteiger partial charge in [0.05, 0.1) is 17.8 Å². The fraction of sp³-hybridized carbons (Fsp3) is 0.421. The average molecular weight is 356 g/mol. The third-order valence-corrected chi connectivity index (χ3v) is 4.21. The van der Waals surface area contributed by atoms with Crippen molar-refractivity contribution in [1.29, 1.82) is 0 Å². The summed E-state index contributed by atoms with van der Waals surface area (Å²) in [6.45, 7) is 1.92. The van der Waals surface area contributed by atoms with Gasteiger partial charge in [0.1, 0.15) is 12.1 Å². The molecule has 0 saturated heterocycles. The van der Waals surface area contributed by atoms with Crippen LogP contribution < -0.4 is 5.73 Å². The van der Waals surface area contributed by atoms with E-state index in [9.17, 15) is 9.59 Å². The molecule has 0 aliphatic carbocycles. The molecule has 0 bridgehead atoms. The summed E-state index contributed by atoms with van der Waals surface area (Å²) in [6, 6.07) is 3.72. The molecule has 0 radical (unpaired) electrons. The van der Waals surface area contributed by atoms with Crippen LogP contribution in [0, 0.1) is 6.92 Å². The number of anilines is 1. The normalized spacial score (nSPS) is 11.9. The maximum atomic E-state index is 12.3. The quantitative estimate of drug-likeness (QED) is 0.628. The number of Topliss-reactive ketones (excluding diaryl/α,β-unsaturated/α-hetero) is 1. The van der Waals surface area contributed by atoms with Crippen LogP contribution in [0.15, 0.2) is 30.9 Å². The number of rotatable bonds is 10. The van der Waals surface area contributed by atoms with E-state index >= 15 is 0 Å². The monoisotopic (exact) mass is 356 g/mol. The van der Waals surface area contributed by atoms with Gasteiger partial charge in [-0.25, -0.2) is 9.97 Å². The van der Waals surface area contributed by atoms with Gasteiger partial charge in [-0.05, 0) is 43.9 Å². The van der Waals surface area contributed by atoms with Crippen LogP contribution in [-0.4, -0.2) is 31.8 Å². The molecular weight excluding hydrogens is 332 g/mol. The molecule has 3 N–H and O–H groups in total. The minimum absolute atomic E-state index is 0.0466. The van der Waals surface area contributed by atoms with Crippen LogP contribution in [0.3, 0.4) is 0 Å². The summed E-state index contributed by atoms with van der Waals surface area (Å²) >= 11 is 0. The number of unbranched alkanes of at least 4 members (excludes halogenated alkanes) is 1. The van der Waals surface area contributed by atoms with Crippen LogP contribution in [-0.2, 0) is 16.0 Å². The van der Waals surface area contributed by atoms with Crippen molar-refractivity contribution in [2.75, 3.05) is 5.73 Å². The number of carbonyl (C=O) groups excluding carboxylic acids is 1. The molecule has 1 atom stereocenters. The zero-order valence-corrected chi connectivity index (χ0v) is 14.9. The van der Waals surface area contributed by atoms with Gasteiger partial charge >= 0.3 is 5.97 Å². The molecule has 0 aliphatic rings. The Morgan fingerprint density at radius 1 is 1.15 bits per heavy atom. The van der Waals surface area contributed by atoms with E-state index in [-0.39, 0.29) is 18.6 Å². The number of nitrogen functional groups attached to an aromatic ring is 1. The topological polar surface area (TPSA) is 119 Å². The van der Waals surface area contributed by atoms with Gasteiger partial charge in [0.15, 0.2) is 0 Å². The van der Waals surface area contributed by atoms with E-state index < -0.39 is 11.9 Å². The third-order valence-electron chi connectivity index (χ3n) is 4.21. The van der Waals surface area contributed by atoms with Crippen molar-refractivity contribution in [3.8, 4) is 0 Å². The van der Waals surface area contributed by atoms with Crippen molar-refractivity contribution in [2.24, 2.45) is 0 Å². The Bertz CT molecular complexity index is 750. The molecule has 7 nitrogen and oxygen atoms in total. The number of nitrogens with two attached hydrogens (primary N) is 1. The first kappa shape index (κ1) is 19.5. The Morgan fingerprint density at radius 2 is 1.88 bits per heavy atom. The van der Waals surface area contributed by atoms with E-state index in [1.54, 1.807) is 12.4 Å². The first-order valence-corrected chi connectivity index (χ1v) is 8.66. The van der Waals surface area contributed by atoms with Crippen LogP contribution in [0.5, 0.6) is 0 Å². The van der Waals surface area contributed by atoms with Gasteiger partial charge in [-0.2, -0.15) is 0 Å². The molecule has 138 valence electrons. The molecule has 2 rings (SSSR count). The summed E-state index contributed by atoms with van der Waals surface area (Å²) in [5.74, 6) is -1.28. The molecule has 0 amide bonds. The molecule has 7 heteroatoms. The molecule has 0 spiro atoms. The minimum Gasteiger partial charge on any atom is -0.481 e. The predicted molar refractivity (Wildman–Crippen MR) is 97.6 cm³/mol. The lowest BCUT2D eigenvalue weighted by Gasteiger charge is -2.13. The summed E-state index contributed by atoms with van der Waals surface area (Å²) in [7, 11) is 0. The Balaban J connectivity index is 1.82. The van der Waals surface area contributed by atoms with E-state index in [0.29, 0.717) is 17.7 Å². The highest BCUT2D eigenvalue weighted by atomic mass is 16.4. The number of hydrogen-bond donors (Lipinski definition) is 2. The molecule has 26 heavy (non-hydrogen) atoms. The zero-order chi connectivity index (χ0) is 18.9. The van der Waals surface area contributed by atoms with Crippen molar-refractivity contribution in [3.05, 3.63) is 47.8 Å². The van der Waals surface area contributed by atoms with Gasteiger partial charge in [-0.1, -0.05) is 0 Å². The molecule has 0 saturated carbocycles. The maximum Gasteiger partial charge on any atom is 0.303 e. The number of carboxylic acid groups (broad SMARTS) is 1. The highest BCUT2D eigenvalue weighted by Gasteiger charge is 2.19. The van der Waals surface area contributed by atoms with Gasteiger partial charge < -0.3 is 10.8 Å². The maximum absolute atomic E-state index is 12.3. The SMILES string of the molecule is Cc1ccc(N)c(CCCCC(=O)CC(CC(=O)O)c2cncnc2)n1. The number of ketones is 1. The largest absolute Gasteiger partial charge is 0.481 e. The lowest BCUT2D eigenvalue weighted by molar-refractivity contribution is -0.137. The third kappa shape index (κ3) is 6.23. The lowest BCUT2D eigenvalue weighted by Crippen LogP contribution is -2.12. The second kappa shape index (κ2) is 9.60. The molecule has 2 aromatic rings. The van der Waals surface area contributed by atoms with Crippen molar-refractivity contribution >= 4 is 17.4 Å². The number of pyridine rings is 1. The van der Waals surface area contributed by atoms with Crippen LogP contribution in [0.4, 0.5) is 5.69 Å². The summed E-state index contributed by atoms with van der Waals surface area (Å²) in [4.78, 5) is 35.6. The molecule has 0 fully saturated rings. The Morgan fingerprint density at radius 3 is 2.58 bits per heavy atom. The second-order valence-electron chi connectivity index (χ2n) is 6.41. The molecule has 0 aliphatic heterocycles. The van der Waals surface area contributed by atoms with E-state index in [1.807, 2.05) is 19.1 Å². The number of aryl methyl sites for hydroxylation is 2. The highest BCUT2D eigenvalue weighted by Crippen LogP contribution is 2.24. The van der Waals surface area contributed by atoms with Gasteiger partial charge in [0, 0.05) is 36.8 Å². The molecular formula is C19H24N4O3. The van der Waals surface area contributed by atoms with Crippen molar-refractivity contribution < 1.29 is 14.7 Å². The standard InChI is InChI=1S/C19H24N4O3/c1-13-6-7-17(20)18(23-13)5-3-2-4-16(24)8-14(9-19(25)26)15-10-21-12-22-11-15/h6-7,10-12,14H,2-5,8-9,20H2,1H3,(H,25,26). The summed E-state index contributed by atoms with van der Waals surface area (Å²) in [6.07, 6.45) is 7.27. The smallest absolute Gasteiger partial charge is 0.303 e. The van der Waals surface area contributed by atoms with E-state index in [0.717, 1.165) is 30.7 Å². The molecule has 1 unspecified atom stereocenters. The minimum atomic E-state index is -0.937. The lowest BCUT2D eigenvalue weighted by atomic mass is 9.91. The van der Waals surface area contributed by atoms with Crippen molar-refractivity contribution in [1.82, 2.24) is 15.0 Å². The summed E-state index contributed by atoms with van der Waals surface area (Å²) in [5, 5.41) is 9.08. The predicted octanol–water partition coefficient (Wildman–Crippen LogP) is 2.69. The van der Waals surface area contributed by atoms with Crippen molar-refractivity contribution in [3.63, 3.8) is 0 Å². The molecule has 0 aromatic carbocycles. The number of aliphatic carboxylic acids is 1.